The minimum absolute atomic E-state index is 0.0327. The largest absolute Gasteiger partial charge is 0.497 e. The Bertz CT molecular complexity index is 1210. The molecule has 0 fully saturated rings. The van der Waals surface area contributed by atoms with E-state index >= 15 is 0 Å². The van der Waals surface area contributed by atoms with Gasteiger partial charge in [0.15, 0.2) is 11.6 Å². The highest BCUT2D eigenvalue weighted by Crippen LogP contribution is 2.39. The van der Waals surface area contributed by atoms with Gasteiger partial charge in [0.2, 0.25) is 0 Å². The van der Waals surface area contributed by atoms with Gasteiger partial charge in [-0.1, -0.05) is 23.9 Å². The predicted octanol–water partition coefficient (Wildman–Crippen LogP) is 5.85. The first-order valence-electron chi connectivity index (χ1n) is 8.79. The van der Waals surface area contributed by atoms with Gasteiger partial charge in [-0.25, -0.2) is 13.2 Å². The fourth-order valence-electron chi connectivity index (χ4n) is 3.18. The molecule has 0 radical (unpaired) electrons. The third kappa shape index (κ3) is 3.78. The van der Waals surface area contributed by atoms with Crippen molar-refractivity contribution in [2.45, 2.75) is 16.3 Å². The molecule has 4 aromatic rings. The van der Waals surface area contributed by atoms with Gasteiger partial charge >= 0.3 is 0 Å². The molecule has 1 heterocycles. The average molecular weight is 414 g/mol. The van der Waals surface area contributed by atoms with Gasteiger partial charge in [-0.15, -0.1) is 0 Å². The van der Waals surface area contributed by atoms with Crippen LogP contribution >= 0.6 is 11.8 Å². The van der Waals surface area contributed by atoms with Gasteiger partial charge in [0, 0.05) is 44.8 Å². The minimum Gasteiger partial charge on any atom is -0.497 e. The maximum Gasteiger partial charge on any atom is 0.164 e. The molecule has 7 heteroatoms. The highest BCUT2D eigenvalue weighted by Gasteiger charge is 2.16. The molecule has 4 rings (SSSR count). The number of hydrogen-bond donors (Lipinski definition) is 1. The number of nitrogens with zero attached hydrogens (tertiary/aromatic N) is 1. The third-order valence-corrected chi connectivity index (χ3v) is 5.74. The number of ether oxygens (including phenoxy) is 1. The molecular weight excluding hydrogens is 397 g/mol. The summed E-state index contributed by atoms with van der Waals surface area (Å²) in [7, 11) is 1.55. The fourth-order valence-corrected chi connectivity index (χ4v) is 4.21. The van der Waals surface area contributed by atoms with Crippen molar-refractivity contribution in [3.8, 4) is 5.75 Å². The molecule has 2 N–H and O–H groups in total. The Balaban J connectivity index is 1.82. The molecule has 0 bridgehead atoms. The van der Waals surface area contributed by atoms with E-state index in [0.29, 0.717) is 17.5 Å². The normalized spacial score (nSPS) is 11.2. The Kier molecular flexibility index (Phi) is 5.15. The Hall–Kier alpha value is -3.06. The first-order valence-corrected chi connectivity index (χ1v) is 9.60. The second-order valence-electron chi connectivity index (χ2n) is 6.50. The number of anilines is 1. The highest BCUT2D eigenvalue weighted by molar-refractivity contribution is 7.99. The van der Waals surface area contributed by atoms with Crippen LogP contribution in [0.4, 0.5) is 18.9 Å². The summed E-state index contributed by atoms with van der Waals surface area (Å²) in [4.78, 5) is 1.77. The van der Waals surface area contributed by atoms with Crippen molar-refractivity contribution in [3.63, 3.8) is 0 Å². The van der Waals surface area contributed by atoms with E-state index in [-0.39, 0.29) is 12.1 Å². The average Bonchev–Trinajstić information content (AvgIpc) is 3.04. The van der Waals surface area contributed by atoms with Gasteiger partial charge in [-0.3, -0.25) is 0 Å². The minimum atomic E-state index is -1.21. The highest BCUT2D eigenvalue weighted by atomic mass is 32.2. The molecule has 3 aromatic carbocycles. The summed E-state index contributed by atoms with van der Waals surface area (Å²) < 4.78 is 48.5. The van der Waals surface area contributed by atoms with Crippen molar-refractivity contribution in [2.75, 3.05) is 12.8 Å². The van der Waals surface area contributed by atoms with E-state index in [2.05, 4.69) is 0 Å². The lowest BCUT2D eigenvalue weighted by Gasteiger charge is -2.08. The van der Waals surface area contributed by atoms with Crippen LogP contribution in [-0.4, -0.2) is 11.7 Å². The van der Waals surface area contributed by atoms with E-state index in [1.165, 1.54) is 11.8 Å². The van der Waals surface area contributed by atoms with Crippen LogP contribution in [0.5, 0.6) is 5.75 Å². The molecular formula is C22H17F3N2OS. The number of fused-ring (bicyclic) bond motifs is 1. The second kappa shape index (κ2) is 7.75. The van der Waals surface area contributed by atoms with Crippen LogP contribution in [0.2, 0.25) is 0 Å². The molecule has 0 saturated carbocycles. The lowest BCUT2D eigenvalue weighted by molar-refractivity contribution is 0.415. The van der Waals surface area contributed by atoms with Crippen molar-refractivity contribution in [1.82, 2.24) is 4.57 Å². The monoisotopic (exact) mass is 414 g/mol. The Morgan fingerprint density at radius 3 is 2.55 bits per heavy atom. The summed E-state index contributed by atoms with van der Waals surface area (Å²) in [6.07, 6.45) is 1.82. The summed E-state index contributed by atoms with van der Waals surface area (Å²) in [5.41, 5.74) is 7.39. The van der Waals surface area contributed by atoms with Crippen LogP contribution in [0.25, 0.3) is 10.9 Å². The predicted molar refractivity (Wildman–Crippen MR) is 109 cm³/mol. The number of hydrogen-bond acceptors (Lipinski definition) is 3. The van der Waals surface area contributed by atoms with Gasteiger partial charge in [-0.2, -0.15) is 0 Å². The smallest absolute Gasteiger partial charge is 0.164 e. The second-order valence-corrected chi connectivity index (χ2v) is 7.59. The molecule has 0 atom stereocenters. The molecule has 0 unspecified atom stereocenters. The van der Waals surface area contributed by atoms with Crippen LogP contribution in [0, 0.1) is 17.5 Å². The van der Waals surface area contributed by atoms with E-state index < -0.39 is 17.5 Å². The Labute approximate surface area is 169 Å². The van der Waals surface area contributed by atoms with Crippen molar-refractivity contribution in [2.24, 2.45) is 0 Å². The first-order chi connectivity index (χ1) is 14.0. The summed E-state index contributed by atoms with van der Waals surface area (Å²) in [5, 5.41) is 0.899. The summed E-state index contributed by atoms with van der Waals surface area (Å²) in [6, 6.07) is 14.6. The Morgan fingerprint density at radius 1 is 1.00 bits per heavy atom. The lowest BCUT2D eigenvalue weighted by atomic mass is 10.2. The van der Waals surface area contributed by atoms with Gasteiger partial charge in [0.25, 0.3) is 0 Å². The van der Waals surface area contributed by atoms with Crippen molar-refractivity contribution >= 4 is 28.4 Å². The topological polar surface area (TPSA) is 40.2 Å². The molecule has 0 aliphatic carbocycles. The molecule has 3 nitrogen and oxygen atoms in total. The van der Waals surface area contributed by atoms with Gasteiger partial charge in [-0.05, 0) is 30.3 Å². The molecule has 148 valence electrons. The van der Waals surface area contributed by atoms with Gasteiger partial charge in [0.1, 0.15) is 11.6 Å². The van der Waals surface area contributed by atoms with E-state index in [4.69, 9.17) is 10.5 Å². The number of aromatic nitrogens is 1. The maximum absolute atomic E-state index is 14.2. The number of benzene rings is 3. The zero-order valence-electron chi connectivity index (χ0n) is 15.5. The SMILES string of the molecule is COc1ccc2c(Sc3ccccc3N)cn(Cc3cc(F)cc(F)c3F)c2c1. The number of para-hydroxylation sites is 1. The van der Waals surface area contributed by atoms with E-state index in [9.17, 15) is 13.2 Å². The van der Waals surface area contributed by atoms with Crippen LogP contribution in [0.3, 0.4) is 0 Å². The molecule has 1 aromatic heterocycles. The van der Waals surface area contributed by atoms with Crippen LogP contribution in [0.1, 0.15) is 5.56 Å². The molecule has 0 aliphatic rings. The third-order valence-electron chi connectivity index (χ3n) is 4.60. The number of nitrogens with two attached hydrogens (primary N) is 1. The molecule has 0 aliphatic heterocycles. The Morgan fingerprint density at radius 2 is 1.79 bits per heavy atom. The van der Waals surface area contributed by atoms with Crippen molar-refractivity contribution in [1.29, 1.82) is 0 Å². The molecule has 29 heavy (non-hydrogen) atoms. The molecule has 0 spiro atoms. The van der Waals surface area contributed by atoms with E-state index in [0.717, 1.165) is 26.8 Å². The van der Waals surface area contributed by atoms with E-state index in [1.54, 1.807) is 17.7 Å². The summed E-state index contributed by atoms with van der Waals surface area (Å²) in [5.74, 6) is -2.46. The van der Waals surface area contributed by atoms with Crippen LogP contribution in [0.15, 0.2) is 70.6 Å². The summed E-state index contributed by atoms with van der Waals surface area (Å²) >= 11 is 1.47. The van der Waals surface area contributed by atoms with Crippen molar-refractivity contribution < 1.29 is 17.9 Å². The number of halogens is 3. The zero-order valence-corrected chi connectivity index (χ0v) is 16.3. The van der Waals surface area contributed by atoms with Gasteiger partial charge in [0.05, 0.1) is 19.2 Å². The number of methoxy groups -OCH3 is 1. The van der Waals surface area contributed by atoms with Gasteiger partial charge < -0.3 is 15.0 Å². The fraction of sp³-hybridized carbons (Fsp3) is 0.0909. The lowest BCUT2D eigenvalue weighted by Crippen LogP contribution is -2.03. The van der Waals surface area contributed by atoms with Crippen molar-refractivity contribution in [3.05, 3.63) is 83.8 Å². The van der Waals surface area contributed by atoms with E-state index in [1.807, 2.05) is 42.6 Å². The molecule has 0 amide bonds. The number of rotatable bonds is 5. The standard InChI is InChI=1S/C22H17F3N2OS/c1-28-15-6-7-16-19(10-15)27(11-13-8-14(23)9-17(24)22(13)25)12-21(16)29-20-5-3-2-4-18(20)26/h2-10,12H,11,26H2,1H3. The maximum atomic E-state index is 14.2. The summed E-state index contributed by atoms with van der Waals surface area (Å²) in [6.45, 7) is -0.0327. The quantitative estimate of drug-likeness (QED) is 0.329. The zero-order chi connectivity index (χ0) is 20.5. The number of nitrogen functional groups attached to an aromatic ring is 1. The van der Waals surface area contributed by atoms with Crippen LogP contribution < -0.4 is 10.5 Å². The first kappa shape index (κ1) is 19.3. The molecule has 0 saturated heterocycles. The van der Waals surface area contributed by atoms with Crippen LogP contribution in [-0.2, 0) is 6.54 Å².